The number of likely N-dealkylation sites (tertiary alicyclic amines) is 1. The molecule has 0 aromatic heterocycles. The molecular formula is C72H113FN12O14. The fraction of sp³-hybridized carbons (Fsp3) is 0.667. The van der Waals surface area contributed by atoms with Crippen LogP contribution in [0.1, 0.15) is 153 Å². The van der Waals surface area contributed by atoms with Gasteiger partial charge in [-0.25, -0.2) is 4.39 Å². The molecular weight excluding hydrogens is 1280 g/mol. The Labute approximate surface area is 584 Å². The fourth-order valence-corrected chi connectivity index (χ4v) is 12.0. The number of carbonyl (C=O) groups excluding carboxylic acids is 12. The van der Waals surface area contributed by atoms with E-state index in [0.717, 1.165) is 38.2 Å². The summed E-state index contributed by atoms with van der Waals surface area (Å²) < 4.78 is 21.2. The largest absolute Gasteiger partial charge is 0.505 e. The number of phenols is 1. The molecule has 0 radical (unpaired) electrons. The van der Waals surface area contributed by atoms with Gasteiger partial charge in [-0.2, -0.15) is 0 Å². The first-order chi connectivity index (χ1) is 46.2. The molecule has 2 fully saturated rings. The summed E-state index contributed by atoms with van der Waals surface area (Å²) in [6.45, 7) is 22.1. The number of nitrogens with zero attached hydrogens (tertiary/aromatic N) is 7. The number of nitrogens with one attached hydrogen (secondary N) is 5. The fourth-order valence-electron chi connectivity index (χ4n) is 12.0. The van der Waals surface area contributed by atoms with Crippen LogP contribution in [0.4, 0.5) is 4.39 Å². The van der Waals surface area contributed by atoms with Gasteiger partial charge >= 0.3 is 0 Å². The van der Waals surface area contributed by atoms with E-state index in [1.165, 1.54) is 72.0 Å². The smallest absolute Gasteiger partial charge is 0.247 e. The Kier molecular flexibility index (Phi) is 31.8. The lowest BCUT2D eigenvalue weighted by Crippen LogP contribution is -2.61. The SMILES string of the molecule is CC[C@H](C)[C@@H]1NC(=O)[C@H](CC(C)C)N(C)C(=O)[C@@H](C)NC(=O)C[C@@H](C(=O)N2CCCCC2)NC(=O)[C@H](C)N(C)C(=O)[C@H](Cc2ccccc2)N(C)C(=O)[C@H](COC(C)(C)C)NC(=O)[C@H](CC(C)C)N(C)C(=O)CN(C)C(=O)[C@H](Cc2ccc(O)c(F)c2)NC(=O)[C@H](CC(C)C)N(C)C1=O. The van der Waals surface area contributed by atoms with Crippen molar-refractivity contribution < 1.29 is 71.8 Å². The molecule has 2 heterocycles. The molecule has 2 aromatic carbocycles. The van der Waals surface area contributed by atoms with Crippen molar-refractivity contribution in [1.29, 1.82) is 0 Å². The van der Waals surface area contributed by atoms with Gasteiger partial charge in [0.15, 0.2) is 11.6 Å². The van der Waals surface area contributed by atoms with Crippen LogP contribution in [-0.2, 0) is 75.1 Å². The van der Waals surface area contributed by atoms with Gasteiger partial charge in [0, 0.05) is 68.2 Å². The Hall–Kier alpha value is -8.23. The van der Waals surface area contributed by atoms with Gasteiger partial charge in [0.05, 0.1) is 25.2 Å². The standard InChI is InChI=1S/C72H113FN12O14/c1-20-45(8)61-71(98)83(18)55(34-43(4)5)64(91)76-51(37-49-29-30-58(86)50(73)36-49)67(94)79(14)40-60(88)81(16)54(33-42(2)3)63(90)77-53(41-99-72(11,12)13)68(95)84(19)57(38-48-27-23-21-24-28-48)70(97)80(15)47(10)62(89)75-52(69(96)85-31-25-22-26-32-85)39-59(87)74-46(9)66(93)82(17)56(35-44(6)7)65(92)78-61/h21,23-24,27-30,36,42-47,51-57,61,86H,20,22,25-26,31-35,37-41H2,1-19H3,(H,74,87)(H,75,89)(H,76,91)(H,77,90)(H,78,92)/t45-,46+,47-,51-,52-,53-,54-,55-,56-,57-,61-/m0/s1. The molecule has 27 heteroatoms. The van der Waals surface area contributed by atoms with Crippen LogP contribution >= 0.6 is 0 Å². The van der Waals surface area contributed by atoms with Crippen molar-refractivity contribution in [2.24, 2.45) is 23.7 Å². The molecule has 0 unspecified atom stereocenters. The number of benzene rings is 2. The first-order valence-corrected chi connectivity index (χ1v) is 34.7. The molecule has 4 rings (SSSR count). The van der Waals surface area contributed by atoms with E-state index in [9.17, 15) is 43.5 Å². The summed E-state index contributed by atoms with van der Waals surface area (Å²) in [7, 11) is 8.17. The van der Waals surface area contributed by atoms with Gasteiger partial charge in [-0.15, -0.1) is 0 Å². The Bertz CT molecular complexity index is 3140. The minimum absolute atomic E-state index is 0.0344. The second-order valence-corrected chi connectivity index (χ2v) is 29.2. The van der Waals surface area contributed by atoms with Gasteiger partial charge in [-0.1, -0.05) is 98.2 Å². The summed E-state index contributed by atoms with van der Waals surface area (Å²) in [4.78, 5) is 186. The highest BCUT2D eigenvalue weighted by Gasteiger charge is 2.43. The molecule has 2 aliphatic rings. The summed E-state index contributed by atoms with van der Waals surface area (Å²) >= 11 is 0. The number of hydrogen-bond acceptors (Lipinski definition) is 14. The monoisotopic (exact) mass is 1390 g/mol. The van der Waals surface area contributed by atoms with E-state index < -0.39 is 174 Å². The molecule has 0 spiro atoms. The van der Waals surface area contributed by atoms with Crippen molar-refractivity contribution in [3.63, 3.8) is 0 Å². The Morgan fingerprint density at radius 1 is 0.576 bits per heavy atom. The number of halogens is 1. The number of likely N-dealkylation sites (N-methyl/N-ethyl adjacent to an activating group) is 6. The minimum Gasteiger partial charge on any atom is -0.505 e. The molecule has 0 aliphatic carbocycles. The van der Waals surface area contributed by atoms with E-state index in [1.54, 1.807) is 69.9 Å². The highest BCUT2D eigenvalue weighted by molar-refractivity contribution is 6.00. The Morgan fingerprint density at radius 2 is 1.09 bits per heavy atom. The van der Waals surface area contributed by atoms with Gasteiger partial charge in [-0.3, -0.25) is 57.5 Å². The highest BCUT2D eigenvalue weighted by Crippen LogP contribution is 2.24. The second kappa shape index (κ2) is 37.8. The summed E-state index contributed by atoms with van der Waals surface area (Å²) in [6, 6.07) is -1.46. The van der Waals surface area contributed by atoms with Gasteiger partial charge in [0.2, 0.25) is 70.9 Å². The number of aromatic hydroxyl groups is 1. The van der Waals surface area contributed by atoms with Gasteiger partial charge < -0.3 is 70.7 Å². The molecule has 26 nitrogen and oxygen atoms in total. The molecule has 11 atom stereocenters. The first kappa shape index (κ1) is 83.2. The molecule has 6 N–H and O–H groups in total. The first-order valence-electron chi connectivity index (χ1n) is 34.7. The lowest BCUT2D eigenvalue weighted by atomic mass is 9.94. The van der Waals surface area contributed by atoms with Gasteiger partial charge in [0.25, 0.3) is 0 Å². The predicted octanol–water partition coefficient (Wildman–Crippen LogP) is 3.79. The Morgan fingerprint density at radius 3 is 1.62 bits per heavy atom. The van der Waals surface area contributed by atoms with E-state index in [4.69, 9.17) is 4.74 Å². The van der Waals surface area contributed by atoms with Crippen LogP contribution in [0.15, 0.2) is 48.5 Å². The molecule has 2 aromatic rings. The normalized spacial score (nSPS) is 25.2. The van der Waals surface area contributed by atoms with E-state index >= 15 is 23.6 Å². The van der Waals surface area contributed by atoms with Crippen molar-refractivity contribution in [3.8, 4) is 5.75 Å². The number of rotatable bonds is 15. The number of ether oxygens (including phenoxy) is 1. The van der Waals surface area contributed by atoms with Gasteiger partial charge in [-0.05, 0) is 120 Å². The highest BCUT2D eigenvalue weighted by atomic mass is 19.1. The summed E-state index contributed by atoms with van der Waals surface area (Å²) in [6.07, 6.45) is 1.61. The zero-order valence-corrected chi connectivity index (χ0v) is 61.9. The van der Waals surface area contributed by atoms with E-state index in [0.29, 0.717) is 37.9 Å². The maximum absolute atomic E-state index is 15.2. The maximum Gasteiger partial charge on any atom is 0.247 e. The average Bonchev–Trinajstić information content (AvgIpc) is 0.828. The number of phenolic OH excluding ortho intramolecular Hbond substituents is 1. The van der Waals surface area contributed by atoms with E-state index in [2.05, 4.69) is 26.6 Å². The number of hydrogen-bond donors (Lipinski definition) is 6. The van der Waals surface area contributed by atoms with Crippen LogP contribution in [0.3, 0.4) is 0 Å². The number of amides is 12. The average molecular weight is 1390 g/mol. The molecule has 12 amide bonds. The summed E-state index contributed by atoms with van der Waals surface area (Å²) in [5, 5.41) is 24.0. The lowest BCUT2D eigenvalue weighted by molar-refractivity contribution is -0.151. The van der Waals surface area contributed by atoms with Crippen LogP contribution in [-0.4, -0.2) is 245 Å². The quantitative estimate of drug-likeness (QED) is 0.148. The zero-order valence-electron chi connectivity index (χ0n) is 61.9. The third-order valence-corrected chi connectivity index (χ3v) is 18.5. The maximum atomic E-state index is 15.2. The Balaban J connectivity index is 1.95. The number of piperidine rings is 1. The number of carbonyl (C=O) groups is 12. The lowest BCUT2D eigenvalue weighted by Gasteiger charge is -2.37. The van der Waals surface area contributed by atoms with E-state index in [1.807, 2.05) is 41.5 Å². The molecule has 0 saturated carbocycles. The van der Waals surface area contributed by atoms with Crippen molar-refractivity contribution in [2.75, 3.05) is 68.5 Å². The predicted molar refractivity (Wildman–Crippen MR) is 372 cm³/mol. The van der Waals surface area contributed by atoms with Crippen LogP contribution < -0.4 is 26.6 Å². The van der Waals surface area contributed by atoms with Crippen molar-refractivity contribution in [2.45, 2.75) is 220 Å². The van der Waals surface area contributed by atoms with Gasteiger partial charge in [0.1, 0.15) is 60.4 Å². The molecule has 0 bridgehead atoms. The molecule has 99 heavy (non-hydrogen) atoms. The van der Waals surface area contributed by atoms with Crippen LogP contribution in [0.25, 0.3) is 0 Å². The topological polar surface area (TPSA) is 317 Å². The third kappa shape index (κ3) is 24.3. The summed E-state index contributed by atoms with van der Waals surface area (Å²) in [5.74, 6) is -12.0. The van der Waals surface area contributed by atoms with Crippen molar-refractivity contribution in [3.05, 3.63) is 65.5 Å². The van der Waals surface area contributed by atoms with Crippen LogP contribution in [0, 0.1) is 29.5 Å². The van der Waals surface area contributed by atoms with Crippen molar-refractivity contribution in [1.82, 2.24) is 60.9 Å². The minimum atomic E-state index is -1.55. The zero-order chi connectivity index (χ0) is 74.7. The third-order valence-electron chi connectivity index (χ3n) is 18.5. The molecule has 2 saturated heterocycles. The van der Waals surface area contributed by atoms with Crippen LogP contribution in [0.2, 0.25) is 0 Å². The molecule has 2 aliphatic heterocycles. The van der Waals surface area contributed by atoms with Crippen LogP contribution in [0.5, 0.6) is 5.75 Å². The summed E-state index contributed by atoms with van der Waals surface area (Å²) in [5.41, 5.74) is -0.0929. The molecule has 552 valence electrons. The van der Waals surface area contributed by atoms with Crippen molar-refractivity contribution >= 4 is 70.9 Å². The van der Waals surface area contributed by atoms with E-state index in [-0.39, 0.29) is 55.4 Å². The second-order valence-electron chi connectivity index (χ2n) is 29.2.